The Balaban J connectivity index is 0.0000001000. The number of hydrogen-bond donors (Lipinski definition) is 0. The molecule has 0 aliphatic carbocycles. The minimum atomic E-state index is 0.778. The molecular formula is C7H9NO2. The van der Waals surface area contributed by atoms with Crippen molar-refractivity contribution in [3.63, 3.8) is 0 Å². The first-order chi connectivity index (χ1) is 5.00. The maximum atomic E-state index is 4.65. The van der Waals surface area contributed by atoms with Crippen molar-refractivity contribution in [2.45, 2.75) is 0 Å². The standard InChI is InChI=1S/C4H4O.C3H5NO/c1-2-4-5-3-1;1-2-5-3-4-1/h1-4H;3H,1-2H2. The van der Waals surface area contributed by atoms with E-state index < -0.39 is 0 Å². The zero-order valence-corrected chi connectivity index (χ0v) is 5.56. The van der Waals surface area contributed by atoms with Crippen LogP contribution in [0.2, 0.25) is 0 Å². The van der Waals surface area contributed by atoms with Gasteiger partial charge in [0.2, 0.25) is 0 Å². The fraction of sp³-hybridized carbons (Fsp3) is 0.286. The summed E-state index contributed by atoms with van der Waals surface area (Å²) in [6.45, 7) is 1.62. The van der Waals surface area contributed by atoms with E-state index in [9.17, 15) is 0 Å². The molecule has 0 N–H and O–H groups in total. The van der Waals surface area contributed by atoms with E-state index >= 15 is 0 Å². The quantitative estimate of drug-likeness (QED) is 0.543. The lowest BCUT2D eigenvalue weighted by atomic mass is 10.7. The molecule has 3 nitrogen and oxygen atoms in total. The lowest BCUT2D eigenvalue weighted by Gasteiger charge is -1.76. The Hall–Kier alpha value is -1.25. The van der Waals surface area contributed by atoms with Crippen LogP contribution in [0.15, 0.2) is 34.1 Å². The van der Waals surface area contributed by atoms with Gasteiger partial charge >= 0.3 is 0 Å². The van der Waals surface area contributed by atoms with Gasteiger partial charge in [0, 0.05) is 0 Å². The Labute approximate surface area is 59.3 Å². The summed E-state index contributed by atoms with van der Waals surface area (Å²) in [4.78, 5) is 3.74. The van der Waals surface area contributed by atoms with Gasteiger partial charge in [0.25, 0.3) is 0 Å². The fourth-order valence-corrected chi connectivity index (χ4v) is 0.490. The molecule has 3 heteroatoms. The molecule has 0 saturated carbocycles. The highest BCUT2D eigenvalue weighted by Gasteiger charge is 1.84. The van der Waals surface area contributed by atoms with Crippen molar-refractivity contribution >= 4 is 6.40 Å². The third-order valence-electron chi connectivity index (χ3n) is 0.913. The van der Waals surface area contributed by atoms with E-state index in [0.717, 1.165) is 13.2 Å². The molecule has 0 atom stereocenters. The van der Waals surface area contributed by atoms with Crippen molar-refractivity contribution in [1.82, 2.24) is 0 Å². The van der Waals surface area contributed by atoms with Crippen molar-refractivity contribution in [2.24, 2.45) is 4.99 Å². The molecule has 10 heavy (non-hydrogen) atoms. The molecule has 1 aromatic rings. The van der Waals surface area contributed by atoms with E-state index in [2.05, 4.69) is 14.1 Å². The second-order valence-corrected chi connectivity index (χ2v) is 1.68. The van der Waals surface area contributed by atoms with Gasteiger partial charge < -0.3 is 9.15 Å². The average Bonchev–Trinajstić information content (AvgIpc) is 2.67. The van der Waals surface area contributed by atoms with E-state index in [0.29, 0.717) is 0 Å². The Morgan fingerprint density at radius 3 is 2.20 bits per heavy atom. The first-order valence-corrected chi connectivity index (χ1v) is 3.07. The van der Waals surface area contributed by atoms with Crippen LogP contribution in [0.1, 0.15) is 0 Å². The molecule has 54 valence electrons. The summed E-state index contributed by atoms with van der Waals surface area (Å²) in [6, 6.07) is 3.67. The fourth-order valence-electron chi connectivity index (χ4n) is 0.490. The highest BCUT2D eigenvalue weighted by atomic mass is 16.5. The second kappa shape index (κ2) is 4.61. The predicted molar refractivity (Wildman–Crippen MR) is 38.0 cm³/mol. The zero-order chi connectivity index (χ0) is 7.07. The zero-order valence-electron chi connectivity index (χ0n) is 5.56. The van der Waals surface area contributed by atoms with Crippen molar-refractivity contribution in [2.75, 3.05) is 13.2 Å². The number of hydrogen-bond acceptors (Lipinski definition) is 3. The minimum absolute atomic E-state index is 0.778. The molecule has 0 bridgehead atoms. The summed E-state index contributed by atoms with van der Waals surface area (Å²) in [5.41, 5.74) is 0. The third-order valence-corrected chi connectivity index (χ3v) is 0.913. The summed E-state index contributed by atoms with van der Waals surface area (Å²) in [5, 5.41) is 0. The molecular weight excluding hydrogens is 130 g/mol. The molecule has 0 amide bonds. The van der Waals surface area contributed by atoms with E-state index in [1.165, 1.54) is 6.40 Å². The van der Waals surface area contributed by atoms with Crippen molar-refractivity contribution in [3.05, 3.63) is 24.7 Å². The van der Waals surface area contributed by atoms with Crippen LogP contribution < -0.4 is 0 Å². The topological polar surface area (TPSA) is 34.7 Å². The van der Waals surface area contributed by atoms with Gasteiger partial charge in [-0.15, -0.1) is 0 Å². The van der Waals surface area contributed by atoms with Gasteiger partial charge in [-0.3, -0.25) is 4.99 Å². The molecule has 1 aromatic heterocycles. The summed E-state index contributed by atoms with van der Waals surface area (Å²) < 4.78 is 9.24. The normalized spacial score (nSPS) is 13.6. The lowest BCUT2D eigenvalue weighted by Crippen LogP contribution is -1.80. The van der Waals surface area contributed by atoms with E-state index in [-0.39, 0.29) is 0 Å². The number of furan rings is 1. The van der Waals surface area contributed by atoms with Crippen molar-refractivity contribution < 1.29 is 9.15 Å². The average molecular weight is 139 g/mol. The van der Waals surface area contributed by atoms with Crippen molar-refractivity contribution in [3.8, 4) is 0 Å². The predicted octanol–water partition coefficient (Wildman–Crippen LogP) is 1.32. The summed E-state index contributed by atoms with van der Waals surface area (Å²) in [6.07, 6.45) is 4.74. The first-order valence-electron chi connectivity index (χ1n) is 3.07. The minimum Gasteiger partial charge on any atom is -0.482 e. The SMILES string of the molecule is C1=NCCO1.c1ccoc1. The Morgan fingerprint density at radius 2 is 2.00 bits per heavy atom. The lowest BCUT2D eigenvalue weighted by molar-refractivity contribution is 0.361. The van der Waals surface area contributed by atoms with Crippen LogP contribution in [0.3, 0.4) is 0 Å². The monoisotopic (exact) mass is 139 g/mol. The smallest absolute Gasteiger partial charge is 0.169 e. The van der Waals surface area contributed by atoms with Crippen molar-refractivity contribution in [1.29, 1.82) is 0 Å². The van der Waals surface area contributed by atoms with Gasteiger partial charge in [0.05, 0.1) is 19.1 Å². The molecule has 0 fully saturated rings. The molecule has 1 aliphatic heterocycles. The van der Waals surface area contributed by atoms with Gasteiger partial charge in [-0.05, 0) is 12.1 Å². The van der Waals surface area contributed by atoms with Crippen LogP contribution in [0.4, 0.5) is 0 Å². The number of rotatable bonds is 0. The molecule has 2 rings (SSSR count). The summed E-state index contributed by atoms with van der Waals surface area (Å²) >= 11 is 0. The summed E-state index contributed by atoms with van der Waals surface area (Å²) in [7, 11) is 0. The maximum Gasteiger partial charge on any atom is 0.169 e. The molecule has 0 aromatic carbocycles. The van der Waals surface area contributed by atoms with Gasteiger partial charge in [-0.25, -0.2) is 0 Å². The van der Waals surface area contributed by atoms with E-state index in [1.54, 1.807) is 12.5 Å². The van der Waals surface area contributed by atoms with Gasteiger partial charge in [0.15, 0.2) is 6.40 Å². The number of nitrogens with zero attached hydrogens (tertiary/aromatic N) is 1. The molecule has 0 unspecified atom stereocenters. The molecule has 2 heterocycles. The highest BCUT2D eigenvalue weighted by Crippen LogP contribution is 1.79. The van der Waals surface area contributed by atoms with Crippen LogP contribution in [-0.4, -0.2) is 19.6 Å². The largest absolute Gasteiger partial charge is 0.482 e. The van der Waals surface area contributed by atoms with E-state index in [4.69, 9.17) is 0 Å². The van der Waals surface area contributed by atoms with Gasteiger partial charge in [-0.2, -0.15) is 0 Å². The third kappa shape index (κ3) is 2.91. The number of ether oxygens (including phenoxy) is 1. The Morgan fingerprint density at radius 1 is 1.20 bits per heavy atom. The van der Waals surface area contributed by atoms with Crippen LogP contribution in [0, 0.1) is 0 Å². The summed E-state index contributed by atoms with van der Waals surface area (Å²) in [5.74, 6) is 0. The highest BCUT2D eigenvalue weighted by molar-refractivity contribution is 5.47. The van der Waals surface area contributed by atoms with Gasteiger partial charge in [0.1, 0.15) is 6.61 Å². The van der Waals surface area contributed by atoms with E-state index in [1.807, 2.05) is 12.1 Å². The molecule has 1 aliphatic rings. The number of aliphatic imine (C=N–C) groups is 1. The van der Waals surface area contributed by atoms with Crippen LogP contribution in [0.5, 0.6) is 0 Å². The Bertz CT molecular complexity index is 147. The van der Waals surface area contributed by atoms with Crippen LogP contribution >= 0.6 is 0 Å². The molecule has 0 radical (unpaired) electrons. The van der Waals surface area contributed by atoms with Crippen LogP contribution in [-0.2, 0) is 4.74 Å². The second-order valence-electron chi connectivity index (χ2n) is 1.68. The maximum absolute atomic E-state index is 4.65. The molecule has 0 spiro atoms. The Kier molecular flexibility index (Phi) is 3.17. The molecule has 0 saturated heterocycles. The van der Waals surface area contributed by atoms with Crippen LogP contribution in [0.25, 0.3) is 0 Å². The van der Waals surface area contributed by atoms with Gasteiger partial charge in [-0.1, -0.05) is 0 Å². The first kappa shape index (κ1) is 6.86.